The molecule has 7 heteroatoms. The van der Waals surface area contributed by atoms with Crippen LogP contribution in [0.5, 0.6) is 11.5 Å². The van der Waals surface area contributed by atoms with Crippen molar-refractivity contribution in [3.05, 3.63) is 23.8 Å². The molecule has 0 saturated carbocycles. The van der Waals surface area contributed by atoms with Gasteiger partial charge in [0.05, 0.1) is 6.04 Å². The quantitative estimate of drug-likeness (QED) is 0.861. The fraction of sp³-hybridized carbons (Fsp3) is 0.500. The Labute approximate surface area is 135 Å². The number of halogens is 1. The zero-order valence-electron chi connectivity index (χ0n) is 12.2. The summed E-state index contributed by atoms with van der Waals surface area (Å²) < 4.78 is 10.6. The highest BCUT2D eigenvalue weighted by Gasteiger charge is 2.19. The molecule has 1 aliphatic rings. The van der Waals surface area contributed by atoms with Gasteiger partial charge in [-0.1, -0.05) is 6.07 Å². The Morgan fingerprint density at radius 3 is 2.86 bits per heavy atom. The number of benzene rings is 1. The summed E-state index contributed by atoms with van der Waals surface area (Å²) in [5, 5.41) is 0. The first-order chi connectivity index (χ1) is 9.61. The van der Waals surface area contributed by atoms with E-state index in [1.165, 1.54) is 0 Å². The molecule has 0 aliphatic carbocycles. The summed E-state index contributed by atoms with van der Waals surface area (Å²) in [4.78, 5) is 13.8. The van der Waals surface area contributed by atoms with Crippen molar-refractivity contribution in [2.45, 2.75) is 19.0 Å². The first-order valence-electron chi connectivity index (χ1n) is 6.50. The average molecular weight is 333 g/mol. The minimum Gasteiger partial charge on any atom is -0.454 e. The van der Waals surface area contributed by atoms with E-state index in [0.29, 0.717) is 13.0 Å². The highest BCUT2D eigenvalue weighted by Crippen LogP contribution is 2.32. The van der Waals surface area contributed by atoms with Gasteiger partial charge in [-0.05, 0) is 36.1 Å². The van der Waals surface area contributed by atoms with Crippen LogP contribution in [0.1, 0.15) is 12.0 Å². The van der Waals surface area contributed by atoms with Crippen molar-refractivity contribution in [1.29, 1.82) is 0 Å². The van der Waals surface area contributed by atoms with E-state index in [1.807, 2.05) is 24.5 Å². The summed E-state index contributed by atoms with van der Waals surface area (Å²) in [6.45, 7) is 0.773. The zero-order valence-corrected chi connectivity index (χ0v) is 13.8. The normalized spacial score (nSPS) is 13.5. The van der Waals surface area contributed by atoms with Gasteiger partial charge in [0, 0.05) is 13.6 Å². The number of carbonyl (C=O) groups is 1. The summed E-state index contributed by atoms with van der Waals surface area (Å²) in [6, 6.07) is 5.27. The van der Waals surface area contributed by atoms with Gasteiger partial charge in [-0.3, -0.25) is 4.79 Å². The minimum atomic E-state index is -0.429. The number of carbonyl (C=O) groups excluding carboxylic acids is 1. The molecule has 118 valence electrons. The third kappa shape index (κ3) is 4.69. The van der Waals surface area contributed by atoms with Crippen LogP contribution in [0.25, 0.3) is 0 Å². The van der Waals surface area contributed by atoms with Crippen molar-refractivity contribution in [2.24, 2.45) is 5.73 Å². The van der Waals surface area contributed by atoms with E-state index in [9.17, 15) is 4.79 Å². The van der Waals surface area contributed by atoms with Gasteiger partial charge in [0.1, 0.15) is 0 Å². The number of fused-ring (bicyclic) bond motifs is 1. The van der Waals surface area contributed by atoms with E-state index in [-0.39, 0.29) is 25.1 Å². The SMILES string of the molecule is CSCC[C@H](N)C(=O)N(C)Cc1ccc2c(c1)OCO2.Cl. The number of thioether (sulfide) groups is 1. The molecule has 0 bridgehead atoms. The van der Waals surface area contributed by atoms with Crippen LogP contribution in [0.2, 0.25) is 0 Å². The van der Waals surface area contributed by atoms with E-state index >= 15 is 0 Å². The molecule has 0 unspecified atom stereocenters. The summed E-state index contributed by atoms with van der Waals surface area (Å²) in [7, 11) is 1.77. The molecule has 0 radical (unpaired) electrons. The molecule has 1 aromatic rings. The van der Waals surface area contributed by atoms with Crippen molar-refractivity contribution in [1.82, 2.24) is 4.90 Å². The maximum Gasteiger partial charge on any atom is 0.239 e. The lowest BCUT2D eigenvalue weighted by atomic mass is 10.1. The number of nitrogens with two attached hydrogens (primary N) is 1. The third-order valence-electron chi connectivity index (χ3n) is 3.18. The van der Waals surface area contributed by atoms with E-state index in [0.717, 1.165) is 22.8 Å². The second-order valence-electron chi connectivity index (χ2n) is 4.77. The zero-order chi connectivity index (χ0) is 14.5. The number of hydrogen-bond donors (Lipinski definition) is 1. The fourth-order valence-electron chi connectivity index (χ4n) is 2.04. The second-order valence-corrected chi connectivity index (χ2v) is 5.76. The van der Waals surface area contributed by atoms with Gasteiger partial charge in [0.25, 0.3) is 0 Å². The Kier molecular flexibility index (Phi) is 7.14. The van der Waals surface area contributed by atoms with Crippen LogP contribution in [0.15, 0.2) is 18.2 Å². The number of ether oxygens (including phenoxy) is 2. The topological polar surface area (TPSA) is 64.8 Å². The molecule has 0 fully saturated rings. The number of hydrogen-bond acceptors (Lipinski definition) is 5. The summed E-state index contributed by atoms with van der Waals surface area (Å²) in [5.74, 6) is 2.34. The van der Waals surface area contributed by atoms with Crippen molar-refractivity contribution >= 4 is 30.1 Å². The molecule has 0 saturated heterocycles. The lowest BCUT2D eigenvalue weighted by molar-refractivity contribution is -0.131. The predicted octanol–water partition coefficient (Wildman–Crippen LogP) is 1.88. The molecule has 1 aliphatic heterocycles. The lowest BCUT2D eigenvalue weighted by Crippen LogP contribution is -2.41. The number of amides is 1. The predicted molar refractivity (Wildman–Crippen MR) is 87.3 cm³/mol. The Hall–Kier alpha value is -1.11. The first kappa shape index (κ1) is 17.9. The third-order valence-corrected chi connectivity index (χ3v) is 3.83. The van der Waals surface area contributed by atoms with Crippen LogP contribution >= 0.6 is 24.2 Å². The number of nitrogens with zero attached hydrogens (tertiary/aromatic N) is 1. The molecule has 0 aromatic heterocycles. The molecule has 2 N–H and O–H groups in total. The van der Waals surface area contributed by atoms with Crippen LogP contribution < -0.4 is 15.2 Å². The first-order valence-corrected chi connectivity index (χ1v) is 7.89. The van der Waals surface area contributed by atoms with E-state index in [4.69, 9.17) is 15.2 Å². The molecule has 1 heterocycles. The van der Waals surface area contributed by atoms with Crippen LogP contribution in [0.4, 0.5) is 0 Å². The maximum atomic E-state index is 12.1. The second kappa shape index (κ2) is 8.36. The van der Waals surface area contributed by atoms with Crippen molar-refractivity contribution in [3.8, 4) is 11.5 Å². The lowest BCUT2D eigenvalue weighted by Gasteiger charge is -2.21. The molecule has 1 aromatic carbocycles. The smallest absolute Gasteiger partial charge is 0.239 e. The highest BCUT2D eigenvalue weighted by molar-refractivity contribution is 7.98. The van der Waals surface area contributed by atoms with Gasteiger partial charge in [0.15, 0.2) is 11.5 Å². The summed E-state index contributed by atoms with van der Waals surface area (Å²) >= 11 is 1.70. The van der Waals surface area contributed by atoms with Crippen LogP contribution in [-0.4, -0.2) is 42.7 Å². The maximum absolute atomic E-state index is 12.1. The minimum absolute atomic E-state index is 0. The largest absolute Gasteiger partial charge is 0.454 e. The van der Waals surface area contributed by atoms with Gasteiger partial charge in [0.2, 0.25) is 12.7 Å². The monoisotopic (exact) mass is 332 g/mol. The van der Waals surface area contributed by atoms with Gasteiger partial charge in [-0.25, -0.2) is 0 Å². The van der Waals surface area contributed by atoms with Crippen LogP contribution in [-0.2, 0) is 11.3 Å². The Morgan fingerprint density at radius 2 is 2.14 bits per heavy atom. The van der Waals surface area contributed by atoms with Gasteiger partial charge in [-0.2, -0.15) is 11.8 Å². The Morgan fingerprint density at radius 1 is 1.43 bits per heavy atom. The van der Waals surface area contributed by atoms with Crippen LogP contribution in [0.3, 0.4) is 0 Å². The van der Waals surface area contributed by atoms with Gasteiger partial charge < -0.3 is 20.1 Å². The van der Waals surface area contributed by atoms with Crippen molar-refractivity contribution in [3.63, 3.8) is 0 Å². The highest BCUT2D eigenvalue weighted by atomic mass is 35.5. The molecule has 21 heavy (non-hydrogen) atoms. The average Bonchev–Trinajstić information content (AvgIpc) is 2.91. The van der Waals surface area contributed by atoms with E-state index < -0.39 is 6.04 Å². The van der Waals surface area contributed by atoms with Gasteiger partial charge in [-0.15, -0.1) is 12.4 Å². The van der Waals surface area contributed by atoms with Crippen LogP contribution in [0, 0.1) is 0 Å². The number of likely N-dealkylation sites (N-methyl/N-ethyl adjacent to an activating group) is 1. The molecule has 1 amide bonds. The summed E-state index contributed by atoms with van der Waals surface area (Å²) in [5.41, 5.74) is 6.90. The molecular formula is C14H21ClN2O3S. The molecular weight excluding hydrogens is 312 g/mol. The molecule has 1 atom stereocenters. The molecule has 0 spiro atoms. The van der Waals surface area contributed by atoms with Gasteiger partial charge >= 0.3 is 0 Å². The Bertz CT molecular complexity index is 487. The van der Waals surface area contributed by atoms with E-state index in [2.05, 4.69) is 0 Å². The molecule has 2 rings (SSSR count). The molecule has 5 nitrogen and oxygen atoms in total. The number of rotatable bonds is 6. The Balaban J connectivity index is 0.00000220. The van der Waals surface area contributed by atoms with Crippen molar-refractivity contribution < 1.29 is 14.3 Å². The van der Waals surface area contributed by atoms with Crippen molar-refractivity contribution in [2.75, 3.05) is 25.8 Å². The standard InChI is InChI=1S/C14H20N2O3S.ClH/c1-16(14(17)11(15)5-6-20-2)8-10-3-4-12-13(7-10)19-9-18-12;/h3-4,7,11H,5-6,8-9,15H2,1-2H3;1H/t11-;/m0./s1. The summed E-state index contributed by atoms with van der Waals surface area (Å²) in [6.07, 6.45) is 2.71. The fourth-order valence-corrected chi connectivity index (χ4v) is 2.53. The van der Waals surface area contributed by atoms with E-state index in [1.54, 1.807) is 23.7 Å².